The molecule has 0 aromatic rings. The first kappa shape index (κ1) is 4.95. The summed E-state index contributed by atoms with van der Waals surface area (Å²) in [6.45, 7) is 0. The zero-order valence-corrected chi connectivity index (χ0v) is 6.85. The van der Waals surface area contributed by atoms with E-state index in [1.54, 1.807) is 6.34 Å². The molecular formula is CHClN2Se2. The topological polar surface area (TPSA) is 24.7 Å². The summed E-state index contributed by atoms with van der Waals surface area (Å²) in [6.07, 6.45) is 1.58. The minimum absolute atomic E-state index is 0.321. The van der Waals surface area contributed by atoms with E-state index in [2.05, 4.69) is 7.97 Å². The molecule has 0 aliphatic carbocycles. The fraction of sp³-hybridized carbons (Fsp3) is 0. The number of hydrogen-bond acceptors (Lipinski definition) is 2. The summed E-state index contributed by atoms with van der Waals surface area (Å²) in [4.78, 5) is 0. The van der Waals surface area contributed by atoms with Gasteiger partial charge in [0.1, 0.15) is 0 Å². The fourth-order valence-corrected chi connectivity index (χ4v) is 4.19. The first-order valence-corrected chi connectivity index (χ1v) is 9.32. The Labute approximate surface area is 48.8 Å². The van der Waals surface area contributed by atoms with Crippen LogP contribution in [0.15, 0.2) is 7.97 Å². The summed E-state index contributed by atoms with van der Waals surface area (Å²) in [6, 6.07) is 0. The van der Waals surface area contributed by atoms with Gasteiger partial charge in [0.25, 0.3) is 0 Å². The second-order valence-corrected chi connectivity index (χ2v) is 11.4. The number of rotatable bonds is 0. The fourth-order valence-electron chi connectivity index (χ4n) is 0.130. The van der Waals surface area contributed by atoms with Crippen LogP contribution in [0.3, 0.4) is 0 Å². The Hall–Kier alpha value is 0.799. The van der Waals surface area contributed by atoms with Gasteiger partial charge in [-0.05, 0) is 0 Å². The molecule has 0 N–H and O–H groups in total. The van der Waals surface area contributed by atoms with Gasteiger partial charge in [-0.1, -0.05) is 0 Å². The van der Waals surface area contributed by atoms with E-state index >= 15 is 0 Å². The molecule has 0 aromatic heterocycles. The maximum atomic E-state index is 5.57. The van der Waals surface area contributed by atoms with Gasteiger partial charge in [-0.3, -0.25) is 0 Å². The molecule has 34 valence electrons. The molecule has 1 heterocycles. The van der Waals surface area contributed by atoms with Crippen molar-refractivity contribution >= 4 is 40.8 Å². The van der Waals surface area contributed by atoms with E-state index in [0.717, 1.165) is 0 Å². The zero-order valence-electron chi connectivity index (χ0n) is 2.67. The van der Waals surface area contributed by atoms with E-state index in [1.807, 2.05) is 0 Å². The normalized spacial score (nSPS) is 30.5. The first-order valence-electron chi connectivity index (χ1n) is 1.20. The van der Waals surface area contributed by atoms with Crippen LogP contribution in [-0.4, -0.2) is 30.7 Å². The molecule has 1 aliphatic rings. The summed E-state index contributed by atoms with van der Waals surface area (Å²) < 4.78 is 7.72. The molecule has 0 saturated carbocycles. The average molecular weight is 234 g/mol. The van der Waals surface area contributed by atoms with Gasteiger partial charge in [-0.2, -0.15) is 0 Å². The van der Waals surface area contributed by atoms with Crippen LogP contribution in [0.2, 0.25) is 0 Å². The van der Waals surface area contributed by atoms with Gasteiger partial charge < -0.3 is 0 Å². The summed E-state index contributed by atoms with van der Waals surface area (Å²) in [5, 5.41) is 0. The number of nitrogens with zero attached hydrogens (tertiary/aromatic N) is 2. The van der Waals surface area contributed by atoms with E-state index in [1.165, 1.54) is 0 Å². The van der Waals surface area contributed by atoms with Gasteiger partial charge in [0, 0.05) is 0 Å². The second-order valence-electron chi connectivity index (χ2n) is 0.607. The third-order valence-electron chi connectivity index (χ3n) is 0.282. The van der Waals surface area contributed by atoms with Crippen LogP contribution in [0.5, 0.6) is 0 Å². The monoisotopic (exact) mass is 236 g/mol. The first-order chi connectivity index (χ1) is 2.89. The van der Waals surface area contributed by atoms with Crippen molar-refractivity contribution < 1.29 is 0 Å². The second kappa shape index (κ2) is 2.20. The molecule has 1 unspecified atom stereocenters. The summed E-state index contributed by atoms with van der Waals surface area (Å²) in [7, 11) is 4.57. The van der Waals surface area contributed by atoms with E-state index in [0.29, 0.717) is 13.3 Å². The Morgan fingerprint density at radius 3 is 2.83 bits per heavy atom. The van der Waals surface area contributed by atoms with Gasteiger partial charge >= 0.3 is 48.7 Å². The van der Waals surface area contributed by atoms with E-state index in [-0.39, 0.29) is 0 Å². The molecular weight excluding hydrogens is 233 g/mol. The summed E-state index contributed by atoms with van der Waals surface area (Å²) in [5.41, 5.74) is 0. The molecule has 1 aliphatic heterocycles. The van der Waals surface area contributed by atoms with Crippen molar-refractivity contribution in [2.75, 3.05) is 0 Å². The standard InChI is InChI=1S/CHClN2Se2/c2-6-4-1-3-5-6/h1H. The van der Waals surface area contributed by atoms with Crippen molar-refractivity contribution in [3.63, 3.8) is 0 Å². The molecule has 0 fully saturated rings. The van der Waals surface area contributed by atoms with E-state index < -0.39 is 11.0 Å². The van der Waals surface area contributed by atoms with E-state index in [4.69, 9.17) is 10.1 Å². The summed E-state index contributed by atoms with van der Waals surface area (Å²) in [5.74, 6) is 0. The van der Waals surface area contributed by atoms with Gasteiger partial charge in [0.15, 0.2) is 0 Å². The molecule has 0 amide bonds. The number of hydrogen-bond donors (Lipinski definition) is 0. The van der Waals surface area contributed by atoms with Crippen molar-refractivity contribution in [1.29, 1.82) is 0 Å². The molecule has 2 nitrogen and oxygen atoms in total. The molecule has 0 saturated heterocycles. The van der Waals surface area contributed by atoms with Gasteiger partial charge in [-0.25, -0.2) is 0 Å². The van der Waals surface area contributed by atoms with Gasteiger partial charge in [0.2, 0.25) is 0 Å². The molecule has 1 atom stereocenters. The Balaban J connectivity index is 2.61. The Morgan fingerprint density at radius 2 is 2.67 bits per heavy atom. The Kier molecular flexibility index (Phi) is 1.81. The van der Waals surface area contributed by atoms with Crippen LogP contribution < -0.4 is 0 Å². The van der Waals surface area contributed by atoms with Crippen LogP contribution >= 0.6 is 10.1 Å². The van der Waals surface area contributed by atoms with Gasteiger partial charge in [0.05, 0.1) is 0 Å². The maximum absolute atomic E-state index is 5.57. The molecule has 0 radical (unpaired) electrons. The van der Waals surface area contributed by atoms with Crippen molar-refractivity contribution in [3.8, 4) is 0 Å². The summed E-state index contributed by atoms with van der Waals surface area (Å²) >= 11 is 0.321. The quantitative estimate of drug-likeness (QED) is 0.533. The number of halogens is 1. The van der Waals surface area contributed by atoms with Gasteiger partial charge in [-0.15, -0.1) is 0 Å². The average Bonchev–Trinajstić information content (AvgIpc) is 1.86. The van der Waals surface area contributed by atoms with Crippen LogP contribution in [0.25, 0.3) is 0 Å². The van der Waals surface area contributed by atoms with Crippen molar-refractivity contribution in [2.45, 2.75) is 0 Å². The van der Waals surface area contributed by atoms with Crippen LogP contribution in [0, 0.1) is 0 Å². The Morgan fingerprint density at radius 1 is 1.83 bits per heavy atom. The predicted molar refractivity (Wildman–Crippen MR) is 28.3 cm³/mol. The Bertz CT molecular complexity index is 108. The molecule has 5 heteroatoms. The third kappa shape index (κ3) is 1.14. The van der Waals surface area contributed by atoms with Crippen molar-refractivity contribution in [2.24, 2.45) is 7.97 Å². The molecule has 6 heavy (non-hydrogen) atoms. The van der Waals surface area contributed by atoms with Crippen molar-refractivity contribution in [3.05, 3.63) is 0 Å². The van der Waals surface area contributed by atoms with E-state index in [9.17, 15) is 0 Å². The van der Waals surface area contributed by atoms with Crippen LogP contribution in [-0.2, 0) is 0 Å². The molecule has 0 bridgehead atoms. The third-order valence-corrected chi connectivity index (χ3v) is 6.62. The zero-order chi connectivity index (χ0) is 4.41. The SMILES string of the molecule is Cl[Se]1=NC=N[Se]1. The molecule has 1 rings (SSSR count). The predicted octanol–water partition coefficient (Wildman–Crippen LogP) is 0.140. The molecule has 0 spiro atoms. The minimum atomic E-state index is -1.00. The van der Waals surface area contributed by atoms with Crippen LogP contribution in [0.1, 0.15) is 0 Å². The van der Waals surface area contributed by atoms with Crippen LogP contribution in [0.4, 0.5) is 0 Å². The van der Waals surface area contributed by atoms with Crippen molar-refractivity contribution in [1.82, 2.24) is 0 Å². The molecule has 0 aromatic carbocycles.